The smallest absolute Gasteiger partial charge is 0.305 e. The van der Waals surface area contributed by atoms with Crippen molar-refractivity contribution in [1.82, 2.24) is 5.32 Å². The number of carbonyl (C=O) groups is 1. The summed E-state index contributed by atoms with van der Waals surface area (Å²) in [6, 6.07) is 0. The molecule has 0 atom stereocenters. The van der Waals surface area contributed by atoms with Crippen molar-refractivity contribution in [3.05, 3.63) is 0 Å². The second kappa shape index (κ2) is 13.8. The predicted molar refractivity (Wildman–Crippen MR) is 75.6 cm³/mol. The molecular weight excluding hydrogens is 234 g/mol. The number of hydrogen-bond donors (Lipinski definition) is 1. The van der Waals surface area contributed by atoms with E-state index >= 15 is 0 Å². The highest BCUT2D eigenvalue weighted by atomic mass is 32.2. The highest BCUT2D eigenvalue weighted by Gasteiger charge is 2.00. The lowest BCUT2D eigenvalue weighted by atomic mass is 10.2. The van der Waals surface area contributed by atoms with Crippen LogP contribution in [0.4, 0.5) is 0 Å². The molecule has 0 aromatic heterocycles. The number of hydrogen-bond acceptors (Lipinski definition) is 4. The molecule has 0 heterocycles. The number of thioether (sulfide) groups is 1. The number of ether oxygens (including phenoxy) is 1. The molecule has 0 aromatic rings. The number of rotatable bonds is 12. The van der Waals surface area contributed by atoms with E-state index in [-0.39, 0.29) is 5.97 Å². The van der Waals surface area contributed by atoms with Crippen LogP contribution >= 0.6 is 11.8 Å². The maximum Gasteiger partial charge on any atom is 0.305 e. The van der Waals surface area contributed by atoms with E-state index in [1.165, 1.54) is 18.6 Å². The van der Waals surface area contributed by atoms with Gasteiger partial charge in [-0.15, -0.1) is 0 Å². The van der Waals surface area contributed by atoms with E-state index in [1.54, 1.807) is 0 Å². The van der Waals surface area contributed by atoms with Crippen molar-refractivity contribution < 1.29 is 9.53 Å². The van der Waals surface area contributed by atoms with Crippen molar-refractivity contribution in [1.29, 1.82) is 0 Å². The zero-order chi connectivity index (χ0) is 12.8. The van der Waals surface area contributed by atoms with Gasteiger partial charge >= 0.3 is 5.97 Å². The first kappa shape index (κ1) is 16.8. The molecule has 4 heteroatoms. The van der Waals surface area contributed by atoms with Gasteiger partial charge in [0.2, 0.25) is 0 Å². The molecule has 0 saturated heterocycles. The van der Waals surface area contributed by atoms with Gasteiger partial charge in [-0.3, -0.25) is 4.79 Å². The Labute approximate surface area is 110 Å². The van der Waals surface area contributed by atoms with E-state index in [1.807, 2.05) is 18.7 Å². The van der Waals surface area contributed by atoms with Crippen molar-refractivity contribution in [2.45, 2.75) is 45.4 Å². The lowest BCUT2D eigenvalue weighted by molar-refractivity contribution is -0.143. The average Bonchev–Trinajstić information content (AvgIpc) is 2.32. The molecule has 0 aromatic carbocycles. The molecule has 0 bridgehead atoms. The summed E-state index contributed by atoms with van der Waals surface area (Å²) in [6.45, 7) is 4.54. The maximum atomic E-state index is 11.0. The molecule has 0 aliphatic carbocycles. The lowest BCUT2D eigenvalue weighted by Crippen LogP contribution is -2.16. The van der Waals surface area contributed by atoms with Crippen LogP contribution in [0.25, 0.3) is 0 Å². The SMILES string of the molecule is CCOC(=O)CCCCCNCCCCSC. The first-order valence-corrected chi connectivity index (χ1v) is 8.06. The zero-order valence-corrected chi connectivity index (χ0v) is 12.1. The van der Waals surface area contributed by atoms with E-state index in [2.05, 4.69) is 11.6 Å². The van der Waals surface area contributed by atoms with Crippen LogP contribution in [-0.4, -0.2) is 37.7 Å². The third-order valence-corrected chi connectivity index (χ3v) is 3.19. The second-order valence-electron chi connectivity index (χ2n) is 4.07. The van der Waals surface area contributed by atoms with Gasteiger partial charge in [0.25, 0.3) is 0 Å². The summed E-state index contributed by atoms with van der Waals surface area (Å²) < 4.78 is 4.87. The number of esters is 1. The molecule has 0 spiro atoms. The van der Waals surface area contributed by atoms with Crippen molar-refractivity contribution in [3.63, 3.8) is 0 Å². The topological polar surface area (TPSA) is 38.3 Å². The van der Waals surface area contributed by atoms with Gasteiger partial charge in [-0.05, 0) is 57.7 Å². The largest absolute Gasteiger partial charge is 0.466 e. The van der Waals surface area contributed by atoms with Crippen molar-refractivity contribution in [3.8, 4) is 0 Å². The molecule has 0 aliphatic rings. The van der Waals surface area contributed by atoms with Crippen molar-refractivity contribution in [2.24, 2.45) is 0 Å². The number of nitrogens with one attached hydrogen (secondary N) is 1. The van der Waals surface area contributed by atoms with Crippen LogP contribution < -0.4 is 5.32 Å². The summed E-state index contributed by atoms with van der Waals surface area (Å²) in [4.78, 5) is 11.0. The maximum absolute atomic E-state index is 11.0. The Bertz CT molecular complexity index is 177. The van der Waals surface area contributed by atoms with Crippen LogP contribution in [0.1, 0.15) is 45.4 Å². The summed E-state index contributed by atoms with van der Waals surface area (Å²) in [5.74, 6) is 1.21. The molecule has 17 heavy (non-hydrogen) atoms. The fraction of sp³-hybridized carbons (Fsp3) is 0.923. The molecule has 102 valence electrons. The minimum Gasteiger partial charge on any atom is -0.466 e. The number of unbranched alkanes of at least 4 members (excludes halogenated alkanes) is 3. The molecule has 0 rings (SSSR count). The van der Waals surface area contributed by atoms with E-state index in [9.17, 15) is 4.79 Å². The minimum atomic E-state index is -0.0578. The Morgan fingerprint density at radius 3 is 2.47 bits per heavy atom. The highest BCUT2D eigenvalue weighted by molar-refractivity contribution is 7.98. The van der Waals surface area contributed by atoms with Crippen LogP contribution in [0, 0.1) is 0 Å². The van der Waals surface area contributed by atoms with Crippen LogP contribution in [0.15, 0.2) is 0 Å². The summed E-state index contributed by atoms with van der Waals surface area (Å²) in [7, 11) is 0. The van der Waals surface area contributed by atoms with Crippen LogP contribution in [0.3, 0.4) is 0 Å². The molecule has 1 N–H and O–H groups in total. The standard InChI is InChI=1S/C13H27NO2S/c1-3-16-13(15)9-5-4-6-10-14-11-7-8-12-17-2/h14H,3-12H2,1-2H3. The molecule has 0 saturated carbocycles. The first-order chi connectivity index (χ1) is 8.31. The van der Waals surface area contributed by atoms with Gasteiger partial charge in [-0.25, -0.2) is 0 Å². The van der Waals surface area contributed by atoms with Crippen molar-refractivity contribution >= 4 is 17.7 Å². The van der Waals surface area contributed by atoms with E-state index in [0.717, 1.165) is 32.4 Å². The first-order valence-electron chi connectivity index (χ1n) is 6.66. The molecular formula is C13H27NO2S. The van der Waals surface area contributed by atoms with Crippen LogP contribution in [0.2, 0.25) is 0 Å². The fourth-order valence-corrected chi connectivity index (χ4v) is 2.04. The molecule has 0 unspecified atom stereocenters. The summed E-state index contributed by atoms with van der Waals surface area (Å²) in [5, 5.41) is 3.43. The van der Waals surface area contributed by atoms with Gasteiger partial charge in [0.05, 0.1) is 6.61 Å². The second-order valence-corrected chi connectivity index (χ2v) is 5.05. The van der Waals surface area contributed by atoms with Gasteiger partial charge in [0.1, 0.15) is 0 Å². The molecule has 0 aliphatic heterocycles. The average molecular weight is 261 g/mol. The molecule has 0 radical (unpaired) electrons. The third kappa shape index (κ3) is 13.7. The monoisotopic (exact) mass is 261 g/mol. The summed E-state index contributed by atoms with van der Waals surface area (Å²) >= 11 is 1.91. The van der Waals surface area contributed by atoms with E-state index in [0.29, 0.717) is 13.0 Å². The molecule has 3 nitrogen and oxygen atoms in total. The fourth-order valence-electron chi connectivity index (χ4n) is 1.55. The zero-order valence-electron chi connectivity index (χ0n) is 11.3. The van der Waals surface area contributed by atoms with Crippen LogP contribution in [0.5, 0.6) is 0 Å². The van der Waals surface area contributed by atoms with Gasteiger partial charge in [0, 0.05) is 6.42 Å². The Kier molecular flexibility index (Phi) is 13.7. The van der Waals surface area contributed by atoms with Gasteiger partial charge in [0.15, 0.2) is 0 Å². The minimum absolute atomic E-state index is 0.0578. The van der Waals surface area contributed by atoms with Crippen molar-refractivity contribution in [2.75, 3.05) is 31.7 Å². The molecule has 0 fully saturated rings. The Morgan fingerprint density at radius 2 is 1.82 bits per heavy atom. The number of carbonyl (C=O) groups excluding carboxylic acids is 1. The predicted octanol–water partition coefficient (Wildman–Crippen LogP) is 2.84. The molecule has 0 amide bonds. The van der Waals surface area contributed by atoms with E-state index in [4.69, 9.17) is 4.74 Å². The Hall–Kier alpha value is -0.220. The van der Waals surface area contributed by atoms with Gasteiger partial charge in [-0.2, -0.15) is 11.8 Å². The quantitative estimate of drug-likeness (QED) is 0.433. The normalized spacial score (nSPS) is 10.5. The Balaban J connectivity index is 3.01. The van der Waals surface area contributed by atoms with Gasteiger partial charge < -0.3 is 10.1 Å². The van der Waals surface area contributed by atoms with E-state index < -0.39 is 0 Å². The summed E-state index contributed by atoms with van der Waals surface area (Å²) in [5.41, 5.74) is 0. The third-order valence-electron chi connectivity index (χ3n) is 2.49. The Morgan fingerprint density at radius 1 is 1.12 bits per heavy atom. The summed E-state index contributed by atoms with van der Waals surface area (Å²) in [6.07, 6.45) is 8.50. The lowest BCUT2D eigenvalue weighted by Gasteiger charge is -2.04. The van der Waals surface area contributed by atoms with Crippen LogP contribution in [-0.2, 0) is 9.53 Å². The highest BCUT2D eigenvalue weighted by Crippen LogP contribution is 2.01. The van der Waals surface area contributed by atoms with Gasteiger partial charge in [-0.1, -0.05) is 6.42 Å².